The fourth-order valence-electron chi connectivity index (χ4n) is 4.24. The van der Waals surface area contributed by atoms with Crippen LogP contribution in [0.5, 0.6) is 0 Å². The molecule has 3 unspecified atom stereocenters. The van der Waals surface area contributed by atoms with E-state index in [1.807, 2.05) is 0 Å². The minimum Gasteiger partial charge on any atom is -0.457 e. The van der Waals surface area contributed by atoms with Crippen molar-refractivity contribution < 1.29 is 31.5 Å². The highest BCUT2D eigenvalue weighted by atomic mass is 35.5. The first kappa shape index (κ1) is 18.4. The molecule has 2 nitrogen and oxygen atoms in total. The molecule has 3 rings (SSSR count). The summed E-state index contributed by atoms with van der Waals surface area (Å²) in [6.07, 6.45) is -8.79. The van der Waals surface area contributed by atoms with Crippen molar-refractivity contribution in [3.05, 3.63) is 34.3 Å². The van der Waals surface area contributed by atoms with Crippen molar-refractivity contribution in [3.8, 4) is 0 Å². The zero-order valence-electron chi connectivity index (χ0n) is 13.5. The summed E-state index contributed by atoms with van der Waals surface area (Å²) >= 11 is 6.05. The number of benzene rings is 1. The van der Waals surface area contributed by atoms with Crippen LogP contribution in [0, 0.1) is 16.7 Å². The van der Waals surface area contributed by atoms with Gasteiger partial charge in [-0.2, -0.15) is 13.2 Å². The number of rotatable bonds is 3. The molecule has 1 fully saturated rings. The molecule has 0 aromatic heterocycles. The van der Waals surface area contributed by atoms with Crippen LogP contribution in [0.15, 0.2) is 18.2 Å². The molecule has 2 aliphatic carbocycles. The first-order valence-corrected chi connectivity index (χ1v) is 8.16. The molecule has 2 aliphatic rings. The van der Waals surface area contributed by atoms with Crippen LogP contribution in [-0.4, -0.2) is 18.6 Å². The zero-order valence-corrected chi connectivity index (χ0v) is 14.2. The Kier molecular flexibility index (Phi) is 4.10. The van der Waals surface area contributed by atoms with Gasteiger partial charge in [0.15, 0.2) is 0 Å². The molecule has 0 saturated heterocycles. The van der Waals surface area contributed by atoms with Crippen LogP contribution in [0.25, 0.3) is 0 Å². The summed E-state index contributed by atoms with van der Waals surface area (Å²) in [4.78, 5) is 12.3. The van der Waals surface area contributed by atoms with Crippen molar-refractivity contribution >= 4 is 17.6 Å². The van der Waals surface area contributed by atoms with E-state index in [4.69, 9.17) is 16.3 Å². The van der Waals surface area contributed by atoms with Crippen LogP contribution in [0.2, 0.25) is 5.02 Å². The first-order valence-electron chi connectivity index (χ1n) is 7.79. The van der Waals surface area contributed by atoms with Crippen LogP contribution in [-0.2, 0) is 16.0 Å². The number of carbonyl (C=O) groups excluding carboxylic acids is 1. The van der Waals surface area contributed by atoms with Gasteiger partial charge in [0.05, 0.1) is 5.92 Å². The number of carbonyl (C=O) groups is 1. The van der Waals surface area contributed by atoms with Gasteiger partial charge in [-0.05, 0) is 35.4 Å². The average molecular weight is 383 g/mol. The Labute approximate surface area is 146 Å². The maximum absolute atomic E-state index is 13.4. The first-order chi connectivity index (χ1) is 11.5. The lowest BCUT2D eigenvalue weighted by atomic mass is 9.96. The second-order valence-electron chi connectivity index (χ2n) is 7.09. The Balaban J connectivity index is 1.85. The molecule has 0 spiro atoms. The summed E-state index contributed by atoms with van der Waals surface area (Å²) in [7, 11) is 0. The molecule has 138 valence electrons. The van der Waals surface area contributed by atoms with Gasteiger partial charge in [0.2, 0.25) is 0 Å². The van der Waals surface area contributed by atoms with Gasteiger partial charge in [0, 0.05) is 5.02 Å². The van der Waals surface area contributed by atoms with Gasteiger partial charge in [-0.25, -0.2) is 8.78 Å². The van der Waals surface area contributed by atoms with Gasteiger partial charge in [0.25, 0.3) is 6.43 Å². The van der Waals surface area contributed by atoms with Crippen LogP contribution in [0.1, 0.15) is 37.5 Å². The summed E-state index contributed by atoms with van der Waals surface area (Å²) < 4.78 is 72.0. The summed E-state index contributed by atoms with van der Waals surface area (Å²) in [6, 6.07) is 4.99. The zero-order chi connectivity index (χ0) is 18.8. The second kappa shape index (κ2) is 5.56. The van der Waals surface area contributed by atoms with Gasteiger partial charge in [-0.1, -0.05) is 37.6 Å². The SMILES string of the molecule is CC1(C)C(C(=O)OC2CCc3c(Cl)cccc32)C1(C(F)F)C(F)(F)F. The third kappa shape index (κ3) is 2.38. The quantitative estimate of drug-likeness (QED) is 0.521. The van der Waals surface area contributed by atoms with Crippen molar-refractivity contribution in [1.82, 2.24) is 0 Å². The lowest BCUT2D eigenvalue weighted by Gasteiger charge is -2.22. The van der Waals surface area contributed by atoms with Crippen LogP contribution >= 0.6 is 11.6 Å². The normalized spacial score (nSPS) is 30.3. The molecular formula is C17H16ClF5O2. The average Bonchev–Trinajstić information content (AvgIpc) is 2.79. The molecule has 0 bridgehead atoms. The molecule has 0 heterocycles. The van der Waals surface area contributed by atoms with Gasteiger partial charge in [0.1, 0.15) is 11.5 Å². The smallest absolute Gasteiger partial charge is 0.401 e. The number of esters is 1. The van der Waals surface area contributed by atoms with Gasteiger partial charge >= 0.3 is 12.1 Å². The van der Waals surface area contributed by atoms with E-state index in [2.05, 4.69) is 0 Å². The fraction of sp³-hybridized carbons (Fsp3) is 0.588. The minimum atomic E-state index is -5.20. The molecule has 0 amide bonds. The Hall–Kier alpha value is -1.37. The third-order valence-electron chi connectivity index (χ3n) is 5.63. The van der Waals surface area contributed by atoms with Crippen molar-refractivity contribution in [2.45, 2.75) is 45.4 Å². The number of ether oxygens (including phenoxy) is 1. The summed E-state index contributed by atoms with van der Waals surface area (Å²) in [5.41, 5.74) is -3.90. The Morgan fingerprint density at radius 2 is 1.96 bits per heavy atom. The molecule has 0 radical (unpaired) electrons. The summed E-state index contributed by atoms with van der Waals surface area (Å²) in [5, 5.41) is 0.486. The van der Waals surface area contributed by atoms with E-state index in [1.165, 1.54) is 0 Å². The fourth-order valence-corrected chi connectivity index (χ4v) is 4.52. The lowest BCUT2D eigenvalue weighted by Crippen LogP contribution is -2.37. The number of hydrogen-bond acceptors (Lipinski definition) is 2. The molecule has 3 atom stereocenters. The molecule has 8 heteroatoms. The molecule has 1 aromatic rings. The molecule has 0 N–H and O–H groups in total. The van der Waals surface area contributed by atoms with E-state index in [9.17, 15) is 26.7 Å². The van der Waals surface area contributed by atoms with E-state index in [1.54, 1.807) is 18.2 Å². The Bertz CT molecular complexity index is 715. The molecule has 1 aromatic carbocycles. The maximum Gasteiger partial charge on any atom is 0.401 e. The number of hydrogen-bond donors (Lipinski definition) is 0. The Morgan fingerprint density at radius 1 is 1.32 bits per heavy atom. The maximum atomic E-state index is 13.4. The molecule has 0 aliphatic heterocycles. The van der Waals surface area contributed by atoms with E-state index >= 15 is 0 Å². The summed E-state index contributed by atoms with van der Waals surface area (Å²) in [5.74, 6) is -3.16. The molecule has 1 saturated carbocycles. The minimum absolute atomic E-state index is 0.367. The van der Waals surface area contributed by atoms with Crippen LogP contribution in [0.3, 0.4) is 0 Å². The standard InChI is InChI=1S/C17H16ClF5O2/c1-15(2)12(16(15,14(19)20)17(21,22)23)13(24)25-11-7-6-8-9(11)4-3-5-10(8)18/h3-5,11-12,14H,6-7H2,1-2H3. The van der Waals surface area contributed by atoms with Crippen LogP contribution in [0.4, 0.5) is 22.0 Å². The highest BCUT2D eigenvalue weighted by Gasteiger charge is 2.90. The van der Waals surface area contributed by atoms with Gasteiger partial charge in [-0.15, -0.1) is 0 Å². The number of fused-ring (bicyclic) bond motifs is 1. The largest absolute Gasteiger partial charge is 0.457 e. The predicted octanol–water partition coefficient (Wildman–Crippen LogP) is 5.34. The molecule has 25 heavy (non-hydrogen) atoms. The lowest BCUT2D eigenvalue weighted by molar-refractivity contribution is -0.238. The van der Waals surface area contributed by atoms with Crippen molar-refractivity contribution in [2.75, 3.05) is 0 Å². The monoisotopic (exact) mass is 382 g/mol. The number of halogens is 6. The van der Waals surface area contributed by atoms with Crippen molar-refractivity contribution in [1.29, 1.82) is 0 Å². The van der Waals surface area contributed by atoms with E-state index in [0.717, 1.165) is 19.4 Å². The van der Waals surface area contributed by atoms with Crippen molar-refractivity contribution in [3.63, 3.8) is 0 Å². The van der Waals surface area contributed by atoms with E-state index in [0.29, 0.717) is 23.4 Å². The van der Waals surface area contributed by atoms with Crippen molar-refractivity contribution in [2.24, 2.45) is 16.7 Å². The topological polar surface area (TPSA) is 26.3 Å². The molecular weight excluding hydrogens is 367 g/mol. The van der Waals surface area contributed by atoms with Gasteiger partial charge < -0.3 is 4.74 Å². The van der Waals surface area contributed by atoms with E-state index < -0.39 is 41.4 Å². The predicted molar refractivity (Wildman–Crippen MR) is 80.4 cm³/mol. The highest BCUT2D eigenvalue weighted by molar-refractivity contribution is 6.31. The van der Waals surface area contributed by atoms with Crippen LogP contribution < -0.4 is 0 Å². The highest BCUT2D eigenvalue weighted by Crippen LogP contribution is 2.78. The van der Waals surface area contributed by atoms with Gasteiger partial charge in [-0.3, -0.25) is 4.79 Å². The Morgan fingerprint density at radius 3 is 2.48 bits per heavy atom. The third-order valence-corrected chi connectivity index (χ3v) is 5.98. The second-order valence-corrected chi connectivity index (χ2v) is 7.50. The summed E-state index contributed by atoms with van der Waals surface area (Å²) in [6.45, 7) is 2.05. The number of alkyl halides is 5. The van der Waals surface area contributed by atoms with E-state index in [-0.39, 0.29) is 0 Å².